The molecule has 20 heteroatoms. The van der Waals surface area contributed by atoms with E-state index in [-0.39, 0.29) is 25.9 Å². The summed E-state index contributed by atoms with van der Waals surface area (Å²) >= 11 is 3.70. The Balaban J connectivity index is 1.84. The van der Waals surface area contributed by atoms with E-state index in [0.717, 1.165) is 12.7 Å². The fourth-order valence-corrected chi connectivity index (χ4v) is 10.7. The first-order chi connectivity index (χ1) is 31.0. The molecule has 0 aliphatic carbocycles. The molecule has 0 amide bonds. The molecule has 1 aromatic carbocycles. The molecule has 20 atom stereocenters. The first-order valence-electron chi connectivity index (χ1n) is 23.0. The number of methoxy groups -OCH3 is 2. The van der Waals surface area contributed by atoms with E-state index in [1.165, 1.54) is 42.0 Å². The molecule has 0 saturated carbocycles. The number of cyclic esters (lactones) is 1. The molecule has 4 rings (SSSR count). The van der Waals surface area contributed by atoms with Crippen molar-refractivity contribution in [3.8, 4) is 0 Å². The molecular formula is C47H76BrNO18. The van der Waals surface area contributed by atoms with Crippen LogP contribution in [0, 0.1) is 28.9 Å². The number of aliphatic hydroxyl groups excluding tert-OH is 2. The second-order valence-corrected chi connectivity index (χ2v) is 20.8. The highest BCUT2D eigenvalue weighted by Gasteiger charge is 2.58. The van der Waals surface area contributed by atoms with E-state index in [1.807, 2.05) is 18.2 Å². The summed E-state index contributed by atoms with van der Waals surface area (Å²) in [5.74, 6) is -4.93. The summed E-state index contributed by atoms with van der Waals surface area (Å²) < 4.78 is 59.4. The van der Waals surface area contributed by atoms with Crippen molar-refractivity contribution in [1.82, 2.24) is 0 Å². The number of hydrogen-bond acceptors (Lipinski definition) is 18. The maximum absolute atomic E-state index is 14.5. The summed E-state index contributed by atoms with van der Waals surface area (Å²) in [4.78, 5) is 39.5. The molecule has 3 aliphatic rings. The zero-order valence-corrected chi connectivity index (χ0v) is 42.9. The van der Waals surface area contributed by atoms with Crippen LogP contribution in [0.2, 0.25) is 0 Å². The van der Waals surface area contributed by atoms with Crippen LogP contribution in [-0.2, 0) is 58.8 Å². The first-order valence-corrected chi connectivity index (χ1v) is 24.0. The van der Waals surface area contributed by atoms with E-state index in [1.54, 1.807) is 60.6 Å². The SMILES string of the molecule is CC[C@H]1OC(=O)[C@H](C)[C@@H](O[C@@H]2O[C@@H](C)[C@H](OC(=O)OCc3ccccc3)[C@@](C)(OC)[C@@H]2Br)[C@H](C)[C@@H](O[C@@H]2O[C@H](C)C[C@H]([N+](C)(C)[O-])[C@H]2OC(=O)OC)[C@](C)(O)C[C@@H](C)[C@H](O)[C@H](C)[C@@H](O)[C@]1(C)O. The number of hydrogen-bond donors (Lipinski definition) is 4. The van der Waals surface area contributed by atoms with Crippen LogP contribution < -0.4 is 0 Å². The predicted octanol–water partition coefficient (Wildman–Crippen LogP) is 5.12. The van der Waals surface area contributed by atoms with Crippen LogP contribution in [0.1, 0.15) is 94.1 Å². The minimum atomic E-state index is -2.04. The van der Waals surface area contributed by atoms with E-state index >= 15 is 0 Å². The Morgan fingerprint density at radius 3 is 2.07 bits per heavy atom. The Kier molecular flexibility index (Phi) is 19.5. The first kappa shape index (κ1) is 56.9. The lowest BCUT2D eigenvalue weighted by molar-refractivity contribution is -0.874. The fraction of sp³-hybridized carbons (Fsp3) is 0.809. The van der Waals surface area contributed by atoms with Gasteiger partial charge >= 0.3 is 18.3 Å². The lowest BCUT2D eigenvalue weighted by Crippen LogP contribution is -2.66. The van der Waals surface area contributed by atoms with Gasteiger partial charge in [0.15, 0.2) is 12.4 Å². The standard InChI is InChI=1S/C47H76BrNO18/c1-15-32-46(9,56)37(51)26(4)33(50)24(2)22-45(8,55)38(66-41-35(65-43(53)58-13)31(49(11,12)57)21-25(3)61-41)27(5)34(28(6)40(52)63-32)64-42-36(48)47(10,59-14)39(29(7)62-42)67-44(54)60-23-30-19-17-16-18-20-30/h16-20,24-29,31-39,41-42,50-51,55-56H,15,21-23H2,1-14H3/t24-,25-,26+,27+,28-,29+,31+,32-,33+,34+,35-,36-,37-,38-,39+,41+,42+,45-,46-,47+/m1/s1. The van der Waals surface area contributed by atoms with E-state index in [9.17, 15) is 40.0 Å². The number of likely N-dealkylation sites (N-methyl/N-ethyl adjacent to an activating group) is 1. The van der Waals surface area contributed by atoms with Crippen molar-refractivity contribution in [2.75, 3.05) is 28.3 Å². The monoisotopic (exact) mass is 1020 g/mol. The van der Waals surface area contributed by atoms with Crippen molar-refractivity contribution < 1.29 is 86.8 Å². The largest absolute Gasteiger partial charge is 0.633 e. The summed E-state index contributed by atoms with van der Waals surface area (Å²) in [5, 5.41) is 61.6. The number of quaternary nitrogens is 1. The van der Waals surface area contributed by atoms with Crippen molar-refractivity contribution in [2.24, 2.45) is 23.7 Å². The van der Waals surface area contributed by atoms with Gasteiger partial charge in [0.2, 0.25) is 12.4 Å². The smallest absolute Gasteiger partial charge is 0.509 e. The number of halogens is 1. The average molecular weight is 1020 g/mol. The maximum atomic E-state index is 14.5. The number of benzene rings is 1. The van der Waals surface area contributed by atoms with Gasteiger partial charge < -0.3 is 77.6 Å². The Morgan fingerprint density at radius 2 is 1.51 bits per heavy atom. The number of aliphatic hydroxyl groups is 4. The molecule has 1 aromatic rings. The minimum Gasteiger partial charge on any atom is -0.633 e. The highest BCUT2D eigenvalue weighted by Crippen LogP contribution is 2.44. The normalized spacial score (nSPS) is 42.7. The number of nitrogens with zero attached hydrogens (tertiary/aromatic N) is 1. The summed E-state index contributed by atoms with van der Waals surface area (Å²) in [6, 6.07) is 8.13. The zero-order valence-electron chi connectivity index (χ0n) is 41.4. The molecule has 384 valence electrons. The third kappa shape index (κ3) is 13.2. The van der Waals surface area contributed by atoms with Gasteiger partial charge in [0, 0.05) is 25.4 Å². The lowest BCUT2D eigenvalue weighted by Gasteiger charge is -2.52. The molecule has 3 fully saturated rings. The molecule has 0 spiro atoms. The molecule has 4 N–H and O–H groups in total. The van der Waals surface area contributed by atoms with Crippen LogP contribution in [0.25, 0.3) is 0 Å². The number of alkyl halides is 1. The fourth-order valence-electron chi connectivity index (χ4n) is 9.99. The zero-order chi connectivity index (χ0) is 50.6. The average Bonchev–Trinajstić information content (AvgIpc) is 3.27. The predicted molar refractivity (Wildman–Crippen MR) is 244 cm³/mol. The van der Waals surface area contributed by atoms with Crippen molar-refractivity contribution in [3.05, 3.63) is 41.1 Å². The third-order valence-corrected chi connectivity index (χ3v) is 15.4. The number of rotatable bonds is 11. The summed E-state index contributed by atoms with van der Waals surface area (Å²) in [5.41, 5.74) is -4.62. The van der Waals surface area contributed by atoms with Gasteiger partial charge in [-0.1, -0.05) is 74.0 Å². The molecule has 3 heterocycles. The van der Waals surface area contributed by atoms with Gasteiger partial charge in [0.25, 0.3) is 0 Å². The van der Waals surface area contributed by atoms with Crippen LogP contribution in [0.4, 0.5) is 9.59 Å². The minimum absolute atomic E-state index is 0.0474. The second kappa shape index (κ2) is 23.0. The summed E-state index contributed by atoms with van der Waals surface area (Å²) in [7, 11) is 5.32. The third-order valence-electron chi connectivity index (χ3n) is 14.1. The van der Waals surface area contributed by atoms with Gasteiger partial charge in [-0.3, -0.25) is 4.79 Å². The van der Waals surface area contributed by atoms with Crippen molar-refractivity contribution in [2.45, 2.75) is 190 Å². The highest BCUT2D eigenvalue weighted by molar-refractivity contribution is 9.09. The Labute approximate surface area is 403 Å². The van der Waals surface area contributed by atoms with Gasteiger partial charge in [-0.05, 0) is 65.9 Å². The van der Waals surface area contributed by atoms with E-state index < -0.39 is 142 Å². The Morgan fingerprint density at radius 1 is 0.881 bits per heavy atom. The van der Waals surface area contributed by atoms with Crippen LogP contribution in [-0.4, -0.2) is 167 Å². The maximum Gasteiger partial charge on any atom is 0.509 e. The van der Waals surface area contributed by atoms with Crippen LogP contribution in [0.5, 0.6) is 0 Å². The lowest BCUT2D eigenvalue weighted by atomic mass is 9.73. The number of hydroxylamine groups is 3. The van der Waals surface area contributed by atoms with Crippen LogP contribution in [0.15, 0.2) is 30.3 Å². The molecule has 0 radical (unpaired) electrons. The van der Waals surface area contributed by atoms with Gasteiger partial charge in [0.05, 0.1) is 74.2 Å². The van der Waals surface area contributed by atoms with E-state index in [4.69, 9.17) is 47.4 Å². The molecule has 67 heavy (non-hydrogen) atoms. The quantitative estimate of drug-likeness (QED) is 0.0739. The van der Waals surface area contributed by atoms with Crippen molar-refractivity contribution >= 4 is 34.2 Å². The number of carbonyl (C=O) groups excluding carboxylic acids is 3. The van der Waals surface area contributed by atoms with Crippen molar-refractivity contribution in [1.29, 1.82) is 0 Å². The van der Waals surface area contributed by atoms with Crippen molar-refractivity contribution in [3.63, 3.8) is 0 Å². The number of carbonyl (C=O) groups is 3. The van der Waals surface area contributed by atoms with Gasteiger partial charge in [-0.15, -0.1) is 0 Å². The molecule has 19 nitrogen and oxygen atoms in total. The van der Waals surface area contributed by atoms with Gasteiger partial charge in [0.1, 0.15) is 30.0 Å². The Hall–Kier alpha value is -2.73. The van der Waals surface area contributed by atoms with Crippen LogP contribution in [0.3, 0.4) is 0 Å². The molecule has 3 aliphatic heterocycles. The second-order valence-electron chi connectivity index (χ2n) is 19.8. The summed E-state index contributed by atoms with van der Waals surface area (Å²) in [6.45, 7) is 15.9. The van der Waals surface area contributed by atoms with Gasteiger partial charge in [-0.25, -0.2) is 9.59 Å². The highest BCUT2D eigenvalue weighted by atomic mass is 79.9. The summed E-state index contributed by atoms with van der Waals surface area (Å²) in [6.07, 6.45) is -15.7. The molecule has 0 aromatic heterocycles. The topological polar surface area (TPSA) is 247 Å². The van der Waals surface area contributed by atoms with E-state index in [2.05, 4.69) is 15.9 Å². The number of ether oxygens (including phenoxy) is 10. The molecule has 0 bridgehead atoms. The Bertz CT molecular complexity index is 1770. The molecule has 0 unspecified atom stereocenters. The van der Waals surface area contributed by atoms with Crippen LogP contribution >= 0.6 is 15.9 Å². The number of esters is 1. The molecular weight excluding hydrogens is 946 g/mol. The van der Waals surface area contributed by atoms with Gasteiger partial charge in [-0.2, -0.15) is 0 Å². The van der Waals surface area contributed by atoms with E-state index in [0.29, 0.717) is 0 Å². The molecule has 3 saturated heterocycles.